The van der Waals surface area contributed by atoms with Crippen LogP contribution in [0.2, 0.25) is 0 Å². The molecule has 0 aromatic carbocycles. The Morgan fingerprint density at radius 1 is 1.26 bits per heavy atom. The van der Waals surface area contributed by atoms with Gasteiger partial charge in [-0.2, -0.15) is 14.6 Å². The summed E-state index contributed by atoms with van der Waals surface area (Å²) in [5.74, 6) is 1.13. The standard InChI is InChI=1S/C16H18N8O3/c1-16(2,3)27-15(25)20-19-14-18-11-9(8-23(4)21-11)13-17-12(22-24(13)14)10-6-5-7-26-10/h5-8H,1-4H3,(H,20,25)(H,18,19,21). The average molecular weight is 370 g/mol. The molecule has 0 atom stereocenters. The Kier molecular flexibility index (Phi) is 3.72. The highest BCUT2D eigenvalue weighted by Gasteiger charge is 2.19. The van der Waals surface area contributed by atoms with Gasteiger partial charge in [-0.3, -0.25) is 10.1 Å². The normalized spacial score (nSPS) is 11.9. The minimum Gasteiger partial charge on any atom is -0.461 e. The number of amides is 1. The summed E-state index contributed by atoms with van der Waals surface area (Å²) in [5, 5.41) is 9.44. The molecule has 11 heteroatoms. The van der Waals surface area contributed by atoms with Crippen molar-refractivity contribution >= 4 is 28.7 Å². The maximum Gasteiger partial charge on any atom is 0.426 e. The van der Waals surface area contributed by atoms with Gasteiger partial charge in [-0.05, 0) is 32.9 Å². The van der Waals surface area contributed by atoms with Crippen molar-refractivity contribution in [3.05, 3.63) is 24.6 Å². The zero-order valence-electron chi connectivity index (χ0n) is 15.2. The maximum atomic E-state index is 11.9. The third-order valence-electron chi connectivity index (χ3n) is 3.49. The van der Waals surface area contributed by atoms with Crippen LogP contribution in [0.1, 0.15) is 20.8 Å². The number of aromatic nitrogens is 6. The van der Waals surface area contributed by atoms with Gasteiger partial charge in [-0.15, -0.1) is 5.10 Å². The number of fused-ring (bicyclic) bond motifs is 3. The summed E-state index contributed by atoms with van der Waals surface area (Å²) >= 11 is 0. The molecule has 0 saturated heterocycles. The molecule has 0 aliphatic rings. The van der Waals surface area contributed by atoms with Gasteiger partial charge >= 0.3 is 6.09 Å². The van der Waals surface area contributed by atoms with Crippen molar-refractivity contribution < 1.29 is 13.9 Å². The lowest BCUT2D eigenvalue weighted by Gasteiger charge is -2.19. The van der Waals surface area contributed by atoms with E-state index in [1.165, 1.54) is 4.52 Å². The number of rotatable bonds is 3. The zero-order valence-corrected chi connectivity index (χ0v) is 15.2. The highest BCUT2D eigenvalue weighted by atomic mass is 16.6. The summed E-state index contributed by atoms with van der Waals surface area (Å²) in [6.07, 6.45) is 2.69. The van der Waals surface area contributed by atoms with Crippen molar-refractivity contribution in [2.45, 2.75) is 26.4 Å². The number of nitrogens with zero attached hydrogens (tertiary/aromatic N) is 6. The molecule has 2 N–H and O–H groups in total. The van der Waals surface area contributed by atoms with E-state index >= 15 is 0 Å². The molecule has 0 aliphatic carbocycles. The summed E-state index contributed by atoms with van der Waals surface area (Å²) in [6, 6.07) is 3.51. The molecule has 0 fully saturated rings. The van der Waals surface area contributed by atoms with E-state index in [-0.39, 0.29) is 5.95 Å². The van der Waals surface area contributed by atoms with Crippen LogP contribution in [0.25, 0.3) is 28.3 Å². The van der Waals surface area contributed by atoms with Gasteiger partial charge in [0.05, 0.1) is 11.6 Å². The van der Waals surface area contributed by atoms with Gasteiger partial charge in [0, 0.05) is 13.2 Å². The number of hydrogen-bond acceptors (Lipinski definition) is 8. The fourth-order valence-corrected chi connectivity index (χ4v) is 2.50. The van der Waals surface area contributed by atoms with Crippen molar-refractivity contribution in [1.29, 1.82) is 0 Å². The number of anilines is 1. The molecule has 0 unspecified atom stereocenters. The zero-order chi connectivity index (χ0) is 19.2. The first-order valence-electron chi connectivity index (χ1n) is 8.19. The minimum absolute atomic E-state index is 0.229. The second-order valence-electron chi connectivity index (χ2n) is 6.88. The monoisotopic (exact) mass is 370 g/mol. The fraction of sp³-hybridized carbons (Fsp3) is 0.312. The van der Waals surface area contributed by atoms with Gasteiger partial charge in [0.15, 0.2) is 17.1 Å². The van der Waals surface area contributed by atoms with Crippen LogP contribution in [0.5, 0.6) is 0 Å². The Morgan fingerprint density at radius 2 is 2.07 bits per heavy atom. The lowest BCUT2D eigenvalue weighted by atomic mass is 10.2. The van der Waals surface area contributed by atoms with Gasteiger partial charge < -0.3 is 9.15 Å². The summed E-state index contributed by atoms with van der Waals surface area (Å²) in [7, 11) is 1.79. The van der Waals surface area contributed by atoms with Crippen LogP contribution in [0.3, 0.4) is 0 Å². The van der Waals surface area contributed by atoms with E-state index < -0.39 is 11.7 Å². The van der Waals surface area contributed by atoms with Crippen LogP contribution >= 0.6 is 0 Å². The molecule has 0 radical (unpaired) electrons. The molecule has 4 aromatic rings. The molecule has 4 heterocycles. The summed E-state index contributed by atoms with van der Waals surface area (Å²) < 4.78 is 13.7. The SMILES string of the molecule is Cn1cc2c(nc(NNC(=O)OC(C)(C)C)n3nc(-c4ccco4)nc23)n1. The number of nitrogens with one attached hydrogen (secondary N) is 2. The van der Waals surface area contributed by atoms with Crippen LogP contribution in [0.15, 0.2) is 29.0 Å². The van der Waals surface area contributed by atoms with E-state index in [4.69, 9.17) is 9.15 Å². The molecule has 11 nitrogen and oxygen atoms in total. The van der Waals surface area contributed by atoms with Gasteiger partial charge in [-0.1, -0.05) is 0 Å². The Balaban J connectivity index is 1.75. The highest BCUT2D eigenvalue weighted by Crippen LogP contribution is 2.23. The van der Waals surface area contributed by atoms with E-state index in [0.717, 1.165) is 0 Å². The lowest BCUT2D eigenvalue weighted by Crippen LogP contribution is -2.36. The van der Waals surface area contributed by atoms with Gasteiger partial charge in [0.2, 0.25) is 11.8 Å². The minimum atomic E-state index is -0.648. The molecule has 0 aliphatic heterocycles. The molecule has 27 heavy (non-hydrogen) atoms. The maximum absolute atomic E-state index is 11.9. The molecule has 140 valence electrons. The Bertz CT molecular complexity index is 1120. The van der Waals surface area contributed by atoms with E-state index in [0.29, 0.717) is 28.3 Å². The number of hydrogen-bond donors (Lipinski definition) is 2. The van der Waals surface area contributed by atoms with Crippen LogP contribution in [0, 0.1) is 0 Å². The van der Waals surface area contributed by atoms with E-state index in [1.54, 1.807) is 57.1 Å². The number of hydrazine groups is 1. The smallest absolute Gasteiger partial charge is 0.426 e. The third-order valence-corrected chi connectivity index (χ3v) is 3.49. The van der Waals surface area contributed by atoms with Gasteiger partial charge in [-0.25, -0.2) is 15.2 Å². The van der Waals surface area contributed by atoms with Crippen LogP contribution in [-0.2, 0) is 11.8 Å². The third kappa shape index (κ3) is 3.26. The van der Waals surface area contributed by atoms with Crippen LogP contribution in [-0.4, -0.2) is 41.1 Å². The summed E-state index contributed by atoms with van der Waals surface area (Å²) in [5.41, 5.74) is 5.51. The Hall–Kier alpha value is -3.63. The van der Waals surface area contributed by atoms with E-state index in [9.17, 15) is 4.79 Å². The first kappa shape index (κ1) is 16.8. The van der Waals surface area contributed by atoms with Crippen molar-refractivity contribution in [2.75, 3.05) is 5.43 Å². The molecule has 4 aromatic heterocycles. The van der Waals surface area contributed by atoms with Crippen LogP contribution < -0.4 is 10.9 Å². The molecular formula is C16H18N8O3. The molecule has 0 saturated carbocycles. The number of ether oxygens (including phenoxy) is 1. The quantitative estimate of drug-likeness (QED) is 0.526. The topological polar surface area (TPSA) is 124 Å². The second-order valence-corrected chi connectivity index (χ2v) is 6.88. The Labute approximate surface area is 153 Å². The summed E-state index contributed by atoms with van der Waals surface area (Å²) in [4.78, 5) is 20.9. The van der Waals surface area contributed by atoms with E-state index in [1.807, 2.05) is 0 Å². The highest BCUT2D eigenvalue weighted by molar-refractivity contribution is 5.90. The second kappa shape index (κ2) is 5.97. The van der Waals surface area contributed by atoms with Gasteiger partial charge in [0.1, 0.15) is 5.60 Å². The van der Waals surface area contributed by atoms with Crippen molar-refractivity contribution in [3.63, 3.8) is 0 Å². The number of furan rings is 1. The van der Waals surface area contributed by atoms with Crippen LogP contribution in [0.4, 0.5) is 10.7 Å². The average Bonchev–Trinajstić information content (AvgIpc) is 3.28. The van der Waals surface area contributed by atoms with Gasteiger partial charge in [0.25, 0.3) is 0 Å². The predicted octanol–water partition coefficient (Wildman–Crippen LogP) is 2.12. The fourth-order valence-electron chi connectivity index (χ4n) is 2.50. The Morgan fingerprint density at radius 3 is 2.78 bits per heavy atom. The van der Waals surface area contributed by atoms with Crippen molar-refractivity contribution in [1.82, 2.24) is 34.8 Å². The lowest BCUT2D eigenvalue weighted by molar-refractivity contribution is 0.0540. The molecule has 4 rings (SSSR count). The van der Waals surface area contributed by atoms with Crippen molar-refractivity contribution in [3.8, 4) is 11.6 Å². The van der Waals surface area contributed by atoms with Crippen molar-refractivity contribution in [2.24, 2.45) is 7.05 Å². The first-order chi connectivity index (χ1) is 12.8. The first-order valence-corrected chi connectivity index (χ1v) is 8.19. The van der Waals surface area contributed by atoms with E-state index in [2.05, 4.69) is 31.0 Å². The largest absolute Gasteiger partial charge is 0.461 e. The number of aryl methyl sites for hydroxylation is 1. The molecule has 0 bridgehead atoms. The number of carbonyl (C=O) groups is 1. The number of carbonyl (C=O) groups excluding carboxylic acids is 1. The predicted molar refractivity (Wildman–Crippen MR) is 95.7 cm³/mol. The molecular weight excluding hydrogens is 352 g/mol. The summed E-state index contributed by atoms with van der Waals surface area (Å²) in [6.45, 7) is 5.32. The molecule has 0 spiro atoms. The molecule has 1 amide bonds.